The molecule has 1 aromatic heterocycles. The van der Waals surface area contributed by atoms with Crippen molar-refractivity contribution in [2.75, 3.05) is 6.26 Å². The predicted molar refractivity (Wildman–Crippen MR) is 62.6 cm³/mol. The van der Waals surface area contributed by atoms with E-state index in [2.05, 4.69) is 15.5 Å². The minimum absolute atomic E-state index is 0.0153. The summed E-state index contributed by atoms with van der Waals surface area (Å²) in [7, 11) is -3.37. The van der Waals surface area contributed by atoms with Crippen LogP contribution in [0.25, 0.3) is 0 Å². The first-order valence-electron chi connectivity index (χ1n) is 5.34. The molecule has 0 spiro atoms. The molecule has 0 saturated heterocycles. The van der Waals surface area contributed by atoms with E-state index in [1.165, 1.54) is 18.5 Å². The van der Waals surface area contributed by atoms with Gasteiger partial charge in [-0.25, -0.2) is 13.1 Å². The van der Waals surface area contributed by atoms with Gasteiger partial charge in [0, 0.05) is 19.2 Å². The summed E-state index contributed by atoms with van der Waals surface area (Å²) < 4.78 is 23.5. The molecular formula is C9H16N4O4S. The van der Waals surface area contributed by atoms with Crippen molar-refractivity contribution >= 4 is 15.8 Å². The highest BCUT2D eigenvalue weighted by Gasteiger charge is 2.37. The standard InChI is InChI=1S/C9H16N4O4S/c1-9(2,18(3,16)17)8-10-11-12-13(8)6-4-5-7(14)15/h4-6H2,1-3H3,(H,14,15). The van der Waals surface area contributed by atoms with Crippen molar-refractivity contribution in [3.05, 3.63) is 5.82 Å². The third-order valence-corrected chi connectivity index (χ3v) is 4.79. The molecule has 0 aromatic carbocycles. The van der Waals surface area contributed by atoms with E-state index in [-0.39, 0.29) is 18.8 Å². The maximum absolute atomic E-state index is 11.7. The Balaban J connectivity index is 2.93. The molecule has 0 unspecified atom stereocenters. The van der Waals surface area contributed by atoms with E-state index in [0.717, 1.165) is 6.26 Å². The summed E-state index contributed by atoms with van der Waals surface area (Å²) in [5.74, 6) is -0.692. The smallest absolute Gasteiger partial charge is 0.303 e. The summed E-state index contributed by atoms with van der Waals surface area (Å²) in [4.78, 5) is 10.4. The van der Waals surface area contributed by atoms with Crippen molar-refractivity contribution in [2.45, 2.75) is 38.0 Å². The van der Waals surface area contributed by atoms with Gasteiger partial charge in [0.05, 0.1) is 0 Å². The summed E-state index contributed by atoms with van der Waals surface area (Å²) in [6.07, 6.45) is 1.44. The Labute approximate surface area is 105 Å². The SMILES string of the molecule is CC(C)(c1nnnn1CCCC(=O)O)S(C)(=O)=O. The number of carbonyl (C=O) groups is 1. The van der Waals surface area contributed by atoms with Crippen molar-refractivity contribution < 1.29 is 18.3 Å². The monoisotopic (exact) mass is 276 g/mol. The number of carboxylic acid groups (broad SMARTS) is 1. The Bertz CT molecular complexity index is 535. The average Bonchev–Trinajstić information content (AvgIpc) is 2.64. The van der Waals surface area contributed by atoms with Gasteiger partial charge in [-0.2, -0.15) is 0 Å². The second kappa shape index (κ2) is 5.01. The quantitative estimate of drug-likeness (QED) is 0.766. The molecule has 0 bridgehead atoms. The zero-order valence-electron chi connectivity index (χ0n) is 10.5. The number of aliphatic carboxylic acids is 1. The first-order valence-corrected chi connectivity index (χ1v) is 7.23. The number of tetrazole rings is 1. The molecule has 0 saturated carbocycles. The second-order valence-corrected chi connectivity index (χ2v) is 7.07. The van der Waals surface area contributed by atoms with Crippen molar-refractivity contribution in [2.24, 2.45) is 0 Å². The van der Waals surface area contributed by atoms with Gasteiger partial charge in [-0.15, -0.1) is 5.10 Å². The Morgan fingerprint density at radius 1 is 1.44 bits per heavy atom. The minimum Gasteiger partial charge on any atom is -0.481 e. The number of carboxylic acids is 1. The normalized spacial score (nSPS) is 12.6. The lowest BCUT2D eigenvalue weighted by molar-refractivity contribution is -0.137. The maximum atomic E-state index is 11.7. The minimum atomic E-state index is -3.37. The van der Waals surface area contributed by atoms with E-state index < -0.39 is 20.6 Å². The number of aryl methyl sites for hydroxylation is 1. The highest BCUT2D eigenvalue weighted by Crippen LogP contribution is 2.26. The zero-order chi connectivity index (χ0) is 14.0. The molecule has 0 atom stereocenters. The fraction of sp³-hybridized carbons (Fsp3) is 0.778. The lowest BCUT2D eigenvalue weighted by atomic mass is 10.2. The van der Waals surface area contributed by atoms with Gasteiger partial charge in [0.1, 0.15) is 4.75 Å². The Morgan fingerprint density at radius 2 is 2.06 bits per heavy atom. The summed E-state index contributed by atoms with van der Waals surface area (Å²) >= 11 is 0. The van der Waals surface area contributed by atoms with Gasteiger partial charge < -0.3 is 5.11 Å². The molecule has 9 heteroatoms. The van der Waals surface area contributed by atoms with Crippen molar-refractivity contribution in [1.82, 2.24) is 20.2 Å². The maximum Gasteiger partial charge on any atom is 0.303 e. The fourth-order valence-electron chi connectivity index (χ4n) is 1.33. The molecule has 102 valence electrons. The number of hydrogen-bond acceptors (Lipinski definition) is 6. The van der Waals surface area contributed by atoms with Gasteiger partial charge in [0.2, 0.25) is 0 Å². The molecule has 0 aliphatic carbocycles. The van der Waals surface area contributed by atoms with Gasteiger partial charge in [-0.05, 0) is 30.7 Å². The molecular weight excluding hydrogens is 260 g/mol. The van der Waals surface area contributed by atoms with Crippen LogP contribution in [0.4, 0.5) is 0 Å². The van der Waals surface area contributed by atoms with Crippen LogP contribution < -0.4 is 0 Å². The first-order chi connectivity index (χ1) is 8.16. The highest BCUT2D eigenvalue weighted by molar-refractivity contribution is 7.91. The number of nitrogens with zero attached hydrogens (tertiary/aromatic N) is 4. The van der Waals surface area contributed by atoms with Crippen LogP contribution in [0.2, 0.25) is 0 Å². The highest BCUT2D eigenvalue weighted by atomic mass is 32.2. The molecule has 1 N–H and O–H groups in total. The van der Waals surface area contributed by atoms with Gasteiger partial charge in [-0.3, -0.25) is 4.79 Å². The molecule has 0 amide bonds. The summed E-state index contributed by atoms with van der Waals surface area (Å²) in [6.45, 7) is 3.30. The van der Waals surface area contributed by atoms with Crippen LogP contribution in [0.15, 0.2) is 0 Å². The Kier molecular flexibility index (Phi) is 4.05. The molecule has 0 fully saturated rings. The molecule has 1 rings (SSSR count). The van der Waals surface area contributed by atoms with Gasteiger partial charge in [-0.1, -0.05) is 0 Å². The molecule has 18 heavy (non-hydrogen) atoms. The van der Waals surface area contributed by atoms with Crippen LogP contribution in [-0.4, -0.2) is 46.0 Å². The van der Waals surface area contributed by atoms with E-state index in [4.69, 9.17) is 5.11 Å². The average molecular weight is 276 g/mol. The number of rotatable bonds is 6. The second-order valence-electron chi connectivity index (χ2n) is 4.51. The summed E-state index contributed by atoms with van der Waals surface area (Å²) in [5.41, 5.74) is 0. The van der Waals surface area contributed by atoms with Crippen molar-refractivity contribution in [1.29, 1.82) is 0 Å². The van der Waals surface area contributed by atoms with E-state index in [9.17, 15) is 13.2 Å². The number of sulfone groups is 1. The largest absolute Gasteiger partial charge is 0.481 e. The Morgan fingerprint density at radius 3 is 2.56 bits per heavy atom. The van der Waals surface area contributed by atoms with E-state index in [1.54, 1.807) is 0 Å². The van der Waals surface area contributed by atoms with Crippen LogP contribution in [0.3, 0.4) is 0 Å². The van der Waals surface area contributed by atoms with Crippen LogP contribution >= 0.6 is 0 Å². The van der Waals surface area contributed by atoms with Crippen LogP contribution in [0.5, 0.6) is 0 Å². The van der Waals surface area contributed by atoms with Crippen LogP contribution in [0, 0.1) is 0 Å². The van der Waals surface area contributed by atoms with Gasteiger partial charge >= 0.3 is 5.97 Å². The summed E-state index contributed by atoms with van der Waals surface area (Å²) in [6, 6.07) is 0. The third kappa shape index (κ3) is 3.03. The van der Waals surface area contributed by atoms with E-state index in [1.807, 2.05) is 0 Å². The molecule has 0 aliphatic heterocycles. The lowest BCUT2D eigenvalue weighted by Crippen LogP contribution is -2.32. The third-order valence-electron chi connectivity index (χ3n) is 2.76. The zero-order valence-corrected chi connectivity index (χ0v) is 11.3. The molecule has 8 nitrogen and oxygen atoms in total. The summed E-state index contributed by atoms with van der Waals surface area (Å²) in [5, 5.41) is 19.4. The van der Waals surface area contributed by atoms with Gasteiger partial charge in [0.15, 0.2) is 15.7 Å². The van der Waals surface area contributed by atoms with Crippen molar-refractivity contribution in [3.8, 4) is 0 Å². The molecule has 1 heterocycles. The van der Waals surface area contributed by atoms with Crippen LogP contribution in [0.1, 0.15) is 32.5 Å². The lowest BCUT2D eigenvalue weighted by Gasteiger charge is -2.20. The number of aromatic nitrogens is 4. The van der Waals surface area contributed by atoms with E-state index >= 15 is 0 Å². The fourth-order valence-corrected chi connectivity index (χ4v) is 1.81. The van der Waals surface area contributed by atoms with Gasteiger partial charge in [0.25, 0.3) is 0 Å². The first kappa shape index (κ1) is 14.6. The molecule has 1 aromatic rings. The predicted octanol–water partition coefficient (Wildman–Crippen LogP) is -0.182. The molecule has 0 aliphatic rings. The molecule has 0 radical (unpaired) electrons. The topological polar surface area (TPSA) is 115 Å². The Hall–Kier alpha value is -1.51. The van der Waals surface area contributed by atoms with Crippen molar-refractivity contribution in [3.63, 3.8) is 0 Å². The van der Waals surface area contributed by atoms with E-state index in [0.29, 0.717) is 6.42 Å². The van der Waals surface area contributed by atoms with Crippen LogP contribution in [-0.2, 0) is 25.9 Å². The number of hydrogen-bond donors (Lipinski definition) is 1.